The molecule has 1 heterocycles. The average molecular weight is 320 g/mol. The van der Waals surface area contributed by atoms with Gasteiger partial charge in [0.2, 0.25) is 0 Å². The van der Waals surface area contributed by atoms with Gasteiger partial charge >= 0.3 is 0 Å². The molecule has 0 aliphatic rings. The van der Waals surface area contributed by atoms with Crippen LogP contribution in [0.25, 0.3) is 10.9 Å². The first-order chi connectivity index (χ1) is 11.5. The number of hydrogen-bond donors (Lipinski definition) is 2. The Morgan fingerprint density at radius 2 is 1.88 bits per heavy atom. The largest absolute Gasteiger partial charge is 0.351 e. The molecule has 0 unspecified atom stereocenters. The molecule has 0 saturated heterocycles. The summed E-state index contributed by atoms with van der Waals surface area (Å²) in [5.74, 6) is -0.0381. The summed E-state index contributed by atoms with van der Waals surface area (Å²) in [5.41, 5.74) is 5.35. The highest BCUT2D eigenvalue weighted by molar-refractivity contribution is 5.99. The zero-order valence-corrected chi connectivity index (χ0v) is 14.5. The van der Waals surface area contributed by atoms with Crippen LogP contribution in [0.4, 0.5) is 0 Å². The summed E-state index contributed by atoms with van der Waals surface area (Å²) in [6.45, 7) is 6.20. The second kappa shape index (κ2) is 6.91. The van der Waals surface area contributed by atoms with E-state index in [1.54, 1.807) is 0 Å². The number of carbonyl (C=O) groups excluding carboxylic acids is 1. The SMILES string of the molecule is Cc1cc(C)c2cc(C(=O)N[C@H](C)CCc3ccccc3)[nH]c2c1. The van der Waals surface area contributed by atoms with Crippen molar-refractivity contribution in [2.75, 3.05) is 0 Å². The van der Waals surface area contributed by atoms with Gasteiger partial charge < -0.3 is 10.3 Å². The van der Waals surface area contributed by atoms with Gasteiger partial charge in [0.1, 0.15) is 5.69 Å². The fraction of sp³-hybridized carbons (Fsp3) is 0.286. The second-order valence-electron chi connectivity index (χ2n) is 6.62. The van der Waals surface area contributed by atoms with Gasteiger partial charge in [-0.3, -0.25) is 4.79 Å². The fourth-order valence-corrected chi connectivity index (χ4v) is 3.12. The number of aryl methyl sites for hydroxylation is 3. The molecular formula is C21H24N2O. The van der Waals surface area contributed by atoms with Crippen molar-refractivity contribution in [1.82, 2.24) is 10.3 Å². The predicted molar refractivity (Wildman–Crippen MR) is 99.5 cm³/mol. The van der Waals surface area contributed by atoms with Crippen LogP contribution in [0.3, 0.4) is 0 Å². The fourth-order valence-electron chi connectivity index (χ4n) is 3.12. The molecule has 1 amide bonds. The summed E-state index contributed by atoms with van der Waals surface area (Å²) < 4.78 is 0. The Balaban J connectivity index is 1.65. The van der Waals surface area contributed by atoms with Crippen LogP contribution >= 0.6 is 0 Å². The lowest BCUT2D eigenvalue weighted by Gasteiger charge is -2.13. The first-order valence-electron chi connectivity index (χ1n) is 8.47. The van der Waals surface area contributed by atoms with Crippen molar-refractivity contribution in [1.29, 1.82) is 0 Å². The van der Waals surface area contributed by atoms with Crippen LogP contribution in [-0.4, -0.2) is 16.9 Å². The van der Waals surface area contributed by atoms with E-state index < -0.39 is 0 Å². The number of aromatic amines is 1. The highest BCUT2D eigenvalue weighted by atomic mass is 16.1. The second-order valence-corrected chi connectivity index (χ2v) is 6.62. The third-order valence-corrected chi connectivity index (χ3v) is 4.42. The van der Waals surface area contributed by atoms with Crippen LogP contribution in [0, 0.1) is 13.8 Å². The Bertz CT molecular complexity index is 849. The standard InChI is InChI=1S/C21H24N2O/c1-14-11-15(2)18-13-20(23-19(18)12-14)21(24)22-16(3)9-10-17-7-5-4-6-8-17/h4-8,11-13,16,23H,9-10H2,1-3H3,(H,22,24)/t16-/m1/s1. The minimum Gasteiger partial charge on any atom is -0.351 e. The summed E-state index contributed by atoms with van der Waals surface area (Å²) in [4.78, 5) is 15.7. The lowest BCUT2D eigenvalue weighted by Crippen LogP contribution is -2.33. The third kappa shape index (κ3) is 3.67. The third-order valence-electron chi connectivity index (χ3n) is 4.42. The molecule has 0 aliphatic heterocycles. The van der Waals surface area contributed by atoms with Gasteiger partial charge in [0.15, 0.2) is 0 Å². The molecule has 24 heavy (non-hydrogen) atoms. The molecule has 2 N–H and O–H groups in total. The molecule has 3 aromatic rings. The van der Waals surface area contributed by atoms with E-state index in [2.05, 4.69) is 55.3 Å². The van der Waals surface area contributed by atoms with E-state index in [4.69, 9.17) is 0 Å². The van der Waals surface area contributed by atoms with Crippen LogP contribution in [0.5, 0.6) is 0 Å². The maximum atomic E-state index is 12.5. The van der Waals surface area contributed by atoms with Crippen molar-refractivity contribution >= 4 is 16.8 Å². The van der Waals surface area contributed by atoms with Crippen molar-refractivity contribution in [2.45, 2.75) is 39.7 Å². The van der Waals surface area contributed by atoms with Gasteiger partial charge in [-0.1, -0.05) is 36.4 Å². The highest BCUT2D eigenvalue weighted by Crippen LogP contribution is 2.21. The molecule has 3 rings (SSSR count). The minimum absolute atomic E-state index is 0.0381. The summed E-state index contributed by atoms with van der Waals surface area (Å²) in [6.07, 6.45) is 1.89. The van der Waals surface area contributed by atoms with Crippen LogP contribution in [0.1, 0.15) is 40.5 Å². The lowest BCUT2D eigenvalue weighted by molar-refractivity contribution is 0.0934. The zero-order chi connectivity index (χ0) is 17.1. The van der Waals surface area contributed by atoms with Crippen molar-refractivity contribution < 1.29 is 4.79 Å². The first kappa shape index (κ1) is 16.3. The molecule has 0 saturated carbocycles. The molecular weight excluding hydrogens is 296 g/mol. The number of rotatable bonds is 5. The summed E-state index contributed by atoms with van der Waals surface area (Å²) in [6, 6.07) is 16.7. The first-order valence-corrected chi connectivity index (χ1v) is 8.47. The molecule has 0 spiro atoms. The number of fused-ring (bicyclic) bond motifs is 1. The molecule has 3 heteroatoms. The molecule has 1 atom stereocenters. The highest BCUT2D eigenvalue weighted by Gasteiger charge is 2.13. The van der Waals surface area contributed by atoms with Gasteiger partial charge in [-0.05, 0) is 62.4 Å². The zero-order valence-electron chi connectivity index (χ0n) is 14.5. The van der Waals surface area contributed by atoms with Crippen LogP contribution in [-0.2, 0) is 6.42 Å². The molecule has 1 aromatic heterocycles. The molecule has 0 radical (unpaired) electrons. The molecule has 2 aromatic carbocycles. The van der Waals surface area contributed by atoms with Crippen LogP contribution in [0.2, 0.25) is 0 Å². The minimum atomic E-state index is -0.0381. The average Bonchev–Trinajstić information content (AvgIpc) is 2.98. The molecule has 3 nitrogen and oxygen atoms in total. The predicted octanol–water partition coefficient (Wildman–Crippen LogP) is 4.54. The maximum absolute atomic E-state index is 12.5. The lowest BCUT2D eigenvalue weighted by atomic mass is 10.1. The Hall–Kier alpha value is -2.55. The molecule has 0 aliphatic carbocycles. The Morgan fingerprint density at radius 3 is 2.62 bits per heavy atom. The van der Waals surface area contributed by atoms with Crippen LogP contribution < -0.4 is 5.32 Å². The van der Waals surface area contributed by atoms with Gasteiger partial charge in [-0.25, -0.2) is 0 Å². The van der Waals surface area contributed by atoms with Gasteiger partial charge in [-0.2, -0.15) is 0 Å². The van der Waals surface area contributed by atoms with E-state index >= 15 is 0 Å². The topological polar surface area (TPSA) is 44.9 Å². The smallest absolute Gasteiger partial charge is 0.267 e. The Morgan fingerprint density at radius 1 is 1.12 bits per heavy atom. The Labute approximate surface area is 143 Å². The van der Waals surface area contributed by atoms with E-state index in [0.717, 1.165) is 23.7 Å². The molecule has 0 bridgehead atoms. The van der Waals surface area contributed by atoms with Crippen molar-refractivity contribution in [3.63, 3.8) is 0 Å². The van der Waals surface area contributed by atoms with Gasteiger partial charge in [0.25, 0.3) is 5.91 Å². The van der Waals surface area contributed by atoms with E-state index in [1.165, 1.54) is 16.7 Å². The number of carbonyl (C=O) groups is 1. The Kier molecular flexibility index (Phi) is 4.70. The van der Waals surface area contributed by atoms with Crippen LogP contribution in [0.15, 0.2) is 48.5 Å². The van der Waals surface area contributed by atoms with Gasteiger partial charge in [0.05, 0.1) is 0 Å². The molecule has 124 valence electrons. The molecule has 0 fully saturated rings. The van der Waals surface area contributed by atoms with Crippen molar-refractivity contribution in [3.05, 3.63) is 70.9 Å². The van der Waals surface area contributed by atoms with Crippen molar-refractivity contribution in [3.8, 4) is 0 Å². The van der Waals surface area contributed by atoms with E-state index in [9.17, 15) is 4.79 Å². The summed E-state index contributed by atoms with van der Waals surface area (Å²) >= 11 is 0. The number of amides is 1. The summed E-state index contributed by atoms with van der Waals surface area (Å²) in [5, 5.41) is 4.20. The quantitative estimate of drug-likeness (QED) is 0.712. The van der Waals surface area contributed by atoms with Gasteiger partial charge in [0, 0.05) is 16.9 Å². The number of hydrogen-bond acceptors (Lipinski definition) is 1. The summed E-state index contributed by atoms with van der Waals surface area (Å²) in [7, 11) is 0. The maximum Gasteiger partial charge on any atom is 0.267 e. The number of aromatic nitrogens is 1. The number of benzene rings is 2. The monoisotopic (exact) mass is 320 g/mol. The number of H-pyrrole nitrogens is 1. The van der Waals surface area contributed by atoms with E-state index in [-0.39, 0.29) is 11.9 Å². The van der Waals surface area contributed by atoms with E-state index in [0.29, 0.717) is 5.69 Å². The normalized spacial score (nSPS) is 12.3. The van der Waals surface area contributed by atoms with Gasteiger partial charge in [-0.15, -0.1) is 0 Å². The van der Waals surface area contributed by atoms with E-state index in [1.807, 2.05) is 24.3 Å². The van der Waals surface area contributed by atoms with Crippen molar-refractivity contribution in [2.24, 2.45) is 0 Å². The number of nitrogens with one attached hydrogen (secondary N) is 2.